The Balaban J connectivity index is 2.19. The summed E-state index contributed by atoms with van der Waals surface area (Å²) in [6.07, 6.45) is -15.2. The average Bonchev–Trinajstić information content (AvgIpc) is 2.60. The number of hydrogen-bond acceptors (Lipinski definition) is 10. The molecule has 0 aromatic carbocycles. The van der Waals surface area contributed by atoms with Gasteiger partial charge in [-0.05, 0) is 5.53 Å². The Kier molecular flexibility index (Phi) is 6.87. The molecule has 0 radical (unpaired) electrons. The zero-order chi connectivity index (χ0) is 18.7. The van der Waals surface area contributed by atoms with Crippen molar-refractivity contribution in [3.05, 3.63) is 10.4 Å². The number of aliphatic hydroxyl groups is 6. The van der Waals surface area contributed by atoms with E-state index in [1.807, 2.05) is 0 Å². The van der Waals surface area contributed by atoms with Crippen LogP contribution >= 0.6 is 0 Å². The molecule has 0 amide bonds. The van der Waals surface area contributed by atoms with Gasteiger partial charge in [0.05, 0.1) is 25.4 Å². The van der Waals surface area contributed by atoms with Crippen LogP contribution in [0, 0.1) is 0 Å². The third-order valence-electron chi connectivity index (χ3n) is 4.13. The second kappa shape index (κ2) is 8.51. The molecule has 2 aliphatic heterocycles. The van der Waals surface area contributed by atoms with Crippen molar-refractivity contribution in [1.29, 1.82) is 0 Å². The zero-order valence-corrected chi connectivity index (χ0v) is 12.8. The van der Waals surface area contributed by atoms with Crippen LogP contribution in [-0.2, 0) is 14.2 Å². The van der Waals surface area contributed by atoms with Crippen molar-refractivity contribution in [1.82, 2.24) is 0 Å². The highest BCUT2D eigenvalue weighted by Crippen LogP contribution is 2.30. The van der Waals surface area contributed by atoms with Crippen LogP contribution in [0.4, 0.5) is 4.39 Å². The molecule has 2 fully saturated rings. The molecule has 6 N–H and O–H groups in total. The Morgan fingerprint density at radius 1 is 0.960 bits per heavy atom. The summed E-state index contributed by atoms with van der Waals surface area (Å²) in [5, 5.41) is 61.4. The topological polar surface area (TPSA) is 198 Å². The first-order valence-corrected chi connectivity index (χ1v) is 7.44. The summed E-state index contributed by atoms with van der Waals surface area (Å²) < 4.78 is 28.6. The first-order valence-electron chi connectivity index (χ1n) is 7.44. The second-order valence-electron chi connectivity index (χ2n) is 5.69. The minimum absolute atomic E-state index is 0.713. The van der Waals surface area contributed by atoms with Gasteiger partial charge in [-0.15, -0.1) is 0 Å². The SMILES string of the molecule is [N-]=[N+]=N[C@@H]1[C@@H](O)[C@H](O[C@@H]2[C@@H](O)[C@@H](F)O[C@H](CO)[C@H]2O)O[C@H](CO)[C@H]1O. The van der Waals surface area contributed by atoms with Gasteiger partial charge in [-0.1, -0.05) is 5.11 Å². The molecule has 2 heterocycles. The molecule has 0 aliphatic carbocycles. The summed E-state index contributed by atoms with van der Waals surface area (Å²) in [4.78, 5) is 2.48. The van der Waals surface area contributed by atoms with Crippen molar-refractivity contribution < 1.29 is 49.2 Å². The van der Waals surface area contributed by atoms with Crippen molar-refractivity contribution >= 4 is 0 Å². The molecule has 2 rings (SSSR count). The van der Waals surface area contributed by atoms with Crippen LogP contribution in [0.25, 0.3) is 10.4 Å². The minimum Gasteiger partial charge on any atom is -0.394 e. The highest BCUT2D eigenvalue weighted by Gasteiger charge is 2.50. The normalized spacial score (nSPS) is 48.0. The molecule has 10 atom stereocenters. The molecule has 2 aliphatic rings. The average molecular weight is 369 g/mol. The van der Waals surface area contributed by atoms with Crippen LogP contribution in [-0.4, -0.2) is 105 Å². The van der Waals surface area contributed by atoms with Gasteiger partial charge in [0.1, 0.15) is 36.6 Å². The maximum atomic E-state index is 13.7. The summed E-state index contributed by atoms with van der Waals surface area (Å²) in [5.74, 6) is 0. The van der Waals surface area contributed by atoms with Gasteiger partial charge < -0.3 is 44.8 Å². The summed E-state index contributed by atoms with van der Waals surface area (Å²) in [6, 6.07) is -1.45. The van der Waals surface area contributed by atoms with E-state index in [0.717, 1.165) is 0 Å². The third kappa shape index (κ3) is 4.01. The standard InChI is InChI=1S/C12H20FN3O9/c13-11-9(22)10(7(20)4(2-18)23-11)25-12-8(21)5(15-16-14)6(19)3(1-17)24-12/h3-12,17-22H,1-2H2/t3-,4-,5+,6-,7-,8-,9-,10+,11+,12+/m1/s1. The Bertz CT molecular complexity index is 496. The van der Waals surface area contributed by atoms with Crippen molar-refractivity contribution in [3.63, 3.8) is 0 Å². The molecule has 144 valence electrons. The molecule has 12 nitrogen and oxygen atoms in total. The molecule has 0 aromatic rings. The van der Waals surface area contributed by atoms with E-state index in [4.69, 9.17) is 20.1 Å². The molecule has 13 heteroatoms. The van der Waals surface area contributed by atoms with Crippen LogP contribution in [0.5, 0.6) is 0 Å². The molecule has 0 unspecified atom stereocenters. The Morgan fingerprint density at radius 2 is 1.56 bits per heavy atom. The number of alkyl halides is 1. The van der Waals surface area contributed by atoms with Crippen LogP contribution in [0.1, 0.15) is 0 Å². The fourth-order valence-electron chi connectivity index (χ4n) is 2.73. The molecule has 0 bridgehead atoms. The number of hydrogen-bond donors (Lipinski definition) is 6. The summed E-state index contributed by atoms with van der Waals surface area (Å²) in [6.45, 7) is -1.48. The molecule has 25 heavy (non-hydrogen) atoms. The lowest BCUT2D eigenvalue weighted by Crippen LogP contribution is -2.63. The Morgan fingerprint density at radius 3 is 2.12 bits per heavy atom. The highest BCUT2D eigenvalue weighted by molar-refractivity contribution is 4.96. The number of azide groups is 1. The summed E-state index contributed by atoms with van der Waals surface area (Å²) >= 11 is 0. The van der Waals surface area contributed by atoms with Crippen molar-refractivity contribution in [2.24, 2.45) is 5.11 Å². The summed E-state index contributed by atoms with van der Waals surface area (Å²) in [7, 11) is 0. The number of ether oxygens (including phenoxy) is 3. The lowest BCUT2D eigenvalue weighted by Gasteiger charge is -2.45. The largest absolute Gasteiger partial charge is 0.394 e. The lowest BCUT2D eigenvalue weighted by molar-refractivity contribution is -0.338. The quantitative estimate of drug-likeness (QED) is 0.165. The Hall–Kier alpha value is -1.12. The van der Waals surface area contributed by atoms with E-state index in [-0.39, 0.29) is 0 Å². The van der Waals surface area contributed by atoms with Gasteiger partial charge in [-0.25, -0.2) is 4.39 Å². The van der Waals surface area contributed by atoms with Gasteiger partial charge in [-0.2, -0.15) is 0 Å². The second-order valence-corrected chi connectivity index (χ2v) is 5.69. The third-order valence-corrected chi connectivity index (χ3v) is 4.13. The highest BCUT2D eigenvalue weighted by atomic mass is 19.1. The predicted octanol–water partition coefficient (Wildman–Crippen LogP) is -3.10. The molecule has 0 saturated carbocycles. The van der Waals surface area contributed by atoms with Gasteiger partial charge in [0.2, 0.25) is 6.36 Å². The van der Waals surface area contributed by atoms with Gasteiger partial charge in [0, 0.05) is 4.91 Å². The van der Waals surface area contributed by atoms with Gasteiger partial charge in [0.25, 0.3) is 0 Å². The smallest absolute Gasteiger partial charge is 0.228 e. The van der Waals surface area contributed by atoms with Crippen molar-refractivity contribution in [2.75, 3.05) is 13.2 Å². The Labute approximate surface area is 140 Å². The molecule has 0 aromatic heterocycles. The molecule has 0 spiro atoms. The van der Waals surface area contributed by atoms with Crippen LogP contribution in [0.3, 0.4) is 0 Å². The number of rotatable bonds is 5. The lowest BCUT2D eigenvalue weighted by atomic mass is 9.96. The molecular formula is C12H20FN3O9. The number of halogens is 1. The molecular weight excluding hydrogens is 349 g/mol. The van der Waals surface area contributed by atoms with Crippen molar-refractivity contribution in [3.8, 4) is 0 Å². The fourth-order valence-corrected chi connectivity index (χ4v) is 2.73. The first kappa shape index (κ1) is 20.2. The van der Waals surface area contributed by atoms with E-state index >= 15 is 0 Å². The van der Waals surface area contributed by atoms with Crippen LogP contribution in [0.15, 0.2) is 5.11 Å². The maximum absolute atomic E-state index is 13.7. The van der Waals surface area contributed by atoms with E-state index in [1.54, 1.807) is 0 Å². The number of nitrogens with zero attached hydrogens (tertiary/aromatic N) is 3. The monoisotopic (exact) mass is 369 g/mol. The zero-order valence-electron chi connectivity index (χ0n) is 12.8. The summed E-state index contributed by atoms with van der Waals surface area (Å²) in [5.41, 5.74) is 8.52. The first-order chi connectivity index (χ1) is 11.8. The predicted molar refractivity (Wildman–Crippen MR) is 74.4 cm³/mol. The van der Waals surface area contributed by atoms with Crippen LogP contribution < -0.4 is 0 Å². The van der Waals surface area contributed by atoms with E-state index in [0.29, 0.717) is 0 Å². The fraction of sp³-hybridized carbons (Fsp3) is 1.00. The molecule has 2 saturated heterocycles. The van der Waals surface area contributed by atoms with Gasteiger partial charge in [-0.3, -0.25) is 0 Å². The minimum atomic E-state index is -2.28. The number of aliphatic hydroxyl groups excluding tert-OH is 6. The van der Waals surface area contributed by atoms with Crippen molar-refractivity contribution in [2.45, 2.75) is 61.4 Å². The maximum Gasteiger partial charge on any atom is 0.228 e. The van der Waals surface area contributed by atoms with Gasteiger partial charge in [0.15, 0.2) is 6.29 Å². The van der Waals surface area contributed by atoms with Gasteiger partial charge >= 0.3 is 0 Å². The van der Waals surface area contributed by atoms with E-state index in [1.165, 1.54) is 0 Å². The van der Waals surface area contributed by atoms with Crippen LogP contribution in [0.2, 0.25) is 0 Å². The van der Waals surface area contributed by atoms with E-state index in [2.05, 4.69) is 14.8 Å². The van der Waals surface area contributed by atoms with E-state index in [9.17, 15) is 29.9 Å². The van der Waals surface area contributed by atoms with E-state index < -0.39 is 74.6 Å².